The molecule has 0 saturated heterocycles. The summed E-state index contributed by atoms with van der Waals surface area (Å²) >= 11 is 0. The van der Waals surface area contributed by atoms with Gasteiger partial charge in [0.25, 0.3) is 0 Å². The minimum Gasteiger partial charge on any atom is -0.494 e. The number of nitrogens with one attached hydrogen (secondary N) is 2. The minimum absolute atomic E-state index is 0.0458. The van der Waals surface area contributed by atoms with E-state index < -0.39 is 0 Å². The minimum atomic E-state index is 0.0458. The van der Waals surface area contributed by atoms with Crippen molar-refractivity contribution in [1.29, 1.82) is 0 Å². The Morgan fingerprint density at radius 1 is 1.19 bits per heavy atom. The summed E-state index contributed by atoms with van der Waals surface area (Å²) in [6, 6.07) is 14.9. The molecule has 2 aromatic rings. The maximum absolute atomic E-state index is 11.7. The summed E-state index contributed by atoms with van der Waals surface area (Å²) in [5.74, 6) is 1.81. The first kappa shape index (κ1) is 17.7. The second kappa shape index (κ2) is 7.47. The predicted octanol–water partition coefficient (Wildman–Crippen LogP) is 5.26. The summed E-state index contributed by atoms with van der Waals surface area (Å²) in [6.45, 7) is 4.55. The van der Waals surface area contributed by atoms with Crippen LogP contribution in [0.3, 0.4) is 0 Å². The molecule has 2 N–H and O–H groups in total. The summed E-state index contributed by atoms with van der Waals surface area (Å²) in [5.41, 5.74) is 4.58. The molecule has 2 aliphatic rings. The largest absolute Gasteiger partial charge is 0.494 e. The van der Waals surface area contributed by atoms with Gasteiger partial charge in [0.05, 0.1) is 12.6 Å². The normalized spacial score (nSPS) is 22.5. The molecule has 0 aromatic heterocycles. The third kappa shape index (κ3) is 3.44. The van der Waals surface area contributed by atoms with Crippen molar-refractivity contribution in [2.45, 2.75) is 38.6 Å². The molecule has 0 radical (unpaired) electrons. The van der Waals surface area contributed by atoms with Crippen LogP contribution >= 0.6 is 0 Å². The smallest absolute Gasteiger partial charge is 0.224 e. The third-order valence-corrected chi connectivity index (χ3v) is 5.52. The molecule has 1 amide bonds. The van der Waals surface area contributed by atoms with Crippen molar-refractivity contribution in [3.8, 4) is 5.75 Å². The molecule has 3 atom stereocenters. The fraction of sp³-hybridized carbons (Fsp3) is 0.348. The van der Waals surface area contributed by atoms with E-state index in [1.165, 1.54) is 11.1 Å². The van der Waals surface area contributed by atoms with Crippen LogP contribution in [0.1, 0.15) is 49.8 Å². The van der Waals surface area contributed by atoms with Crippen molar-refractivity contribution >= 4 is 17.3 Å². The van der Waals surface area contributed by atoms with Crippen molar-refractivity contribution in [2.24, 2.45) is 5.92 Å². The van der Waals surface area contributed by atoms with Crippen molar-refractivity contribution in [2.75, 3.05) is 17.2 Å². The van der Waals surface area contributed by atoms with Crippen LogP contribution in [0.15, 0.2) is 54.6 Å². The Morgan fingerprint density at radius 3 is 2.74 bits per heavy atom. The van der Waals surface area contributed by atoms with Crippen LogP contribution in [0.5, 0.6) is 5.75 Å². The van der Waals surface area contributed by atoms with Crippen LogP contribution in [0.25, 0.3) is 0 Å². The Kier molecular flexibility index (Phi) is 4.88. The fourth-order valence-electron chi connectivity index (χ4n) is 4.19. The molecule has 0 spiro atoms. The molecule has 4 nitrogen and oxygen atoms in total. The van der Waals surface area contributed by atoms with Crippen LogP contribution in [0, 0.1) is 5.92 Å². The fourth-order valence-corrected chi connectivity index (χ4v) is 4.19. The summed E-state index contributed by atoms with van der Waals surface area (Å²) < 4.78 is 5.58. The van der Waals surface area contributed by atoms with Crippen molar-refractivity contribution in [3.05, 3.63) is 65.7 Å². The first-order valence-electron chi connectivity index (χ1n) is 9.79. The Bertz CT molecular complexity index is 857. The number of carbonyl (C=O) groups is 1. The lowest BCUT2D eigenvalue weighted by atomic mass is 9.77. The summed E-state index contributed by atoms with van der Waals surface area (Å²) in [7, 11) is 0. The van der Waals surface area contributed by atoms with Gasteiger partial charge in [-0.3, -0.25) is 4.79 Å². The Balaban J connectivity index is 1.63. The SMILES string of the molecule is CCOc1ccc(C2Nc3ccc(NC(=O)CC)cc3C3C=CCC32)cc1. The van der Waals surface area contributed by atoms with Crippen LogP contribution in [-0.4, -0.2) is 12.5 Å². The van der Waals surface area contributed by atoms with E-state index in [1.807, 2.05) is 19.9 Å². The first-order chi connectivity index (χ1) is 13.2. The molecule has 4 rings (SSSR count). The van der Waals surface area contributed by atoms with E-state index in [2.05, 4.69) is 59.2 Å². The Morgan fingerprint density at radius 2 is 2.00 bits per heavy atom. The lowest BCUT2D eigenvalue weighted by Crippen LogP contribution is -2.29. The van der Waals surface area contributed by atoms with Gasteiger partial charge in [-0.1, -0.05) is 31.2 Å². The quantitative estimate of drug-likeness (QED) is 0.713. The predicted molar refractivity (Wildman–Crippen MR) is 109 cm³/mol. The van der Waals surface area contributed by atoms with Gasteiger partial charge in [-0.25, -0.2) is 0 Å². The van der Waals surface area contributed by atoms with Gasteiger partial charge >= 0.3 is 0 Å². The molecule has 1 aliphatic heterocycles. The van der Waals surface area contributed by atoms with Crippen LogP contribution < -0.4 is 15.4 Å². The second-order valence-electron chi connectivity index (χ2n) is 7.18. The van der Waals surface area contributed by atoms with Gasteiger partial charge < -0.3 is 15.4 Å². The average Bonchev–Trinajstić information content (AvgIpc) is 3.18. The van der Waals surface area contributed by atoms with Crippen LogP contribution in [0.2, 0.25) is 0 Å². The van der Waals surface area contributed by atoms with Crippen LogP contribution in [0.4, 0.5) is 11.4 Å². The highest BCUT2D eigenvalue weighted by atomic mass is 16.5. The van der Waals surface area contributed by atoms with Gasteiger partial charge in [-0.2, -0.15) is 0 Å². The number of fused-ring (bicyclic) bond motifs is 3. The average molecular weight is 362 g/mol. The van der Waals surface area contributed by atoms with E-state index in [1.54, 1.807) is 0 Å². The van der Waals surface area contributed by atoms with E-state index in [9.17, 15) is 4.79 Å². The van der Waals surface area contributed by atoms with Gasteiger partial charge in [-0.15, -0.1) is 0 Å². The van der Waals surface area contributed by atoms with E-state index in [-0.39, 0.29) is 11.9 Å². The summed E-state index contributed by atoms with van der Waals surface area (Å²) in [6.07, 6.45) is 6.14. The van der Waals surface area contributed by atoms with Gasteiger partial charge in [-0.05, 0) is 60.7 Å². The Labute approximate surface area is 160 Å². The maximum Gasteiger partial charge on any atom is 0.224 e. The van der Waals surface area contributed by atoms with Gasteiger partial charge in [0.15, 0.2) is 0 Å². The lowest BCUT2D eigenvalue weighted by Gasteiger charge is -2.37. The number of hydrogen-bond acceptors (Lipinski definition) is 3. The molecule has 0 saturated carbocycles. The molecule has 27 heavy (non-hydrogen) atoms. The molecule has 3 unspecified atom stereocenters. The van der Waals surface area contributed by atoms with E-state index in [4.69, 9.17) is 4.74 Å². The molecular formula is C23H26N2O2. The van der Waals surface area contributed by atoms with E-state index >= 15 is 0 Å². The first-order valence-corrected chi connectivity index (χ1v) is 9.79. The number of carbonyl (C=O) groups excluding carboxylic acids is 1. The molecule has 140 valence electrons. The molecule has 0 fully saturated rings. The number of amides is 1. The molecular weight excluding hydrogens is 336 g/mol. The van der Waals surface area contributed by atoms with Crippen molar-refractivity contribution in [3.63, 3.8) is 0 Å². The van der Waals surface area contributed by atoms with Gasteiger partial charge in [0.1, 0.15) is 5.75 Å². The Hall–Kier alpha value is -2.75. The zero-order valence-electron chi connectivity index (χ0n) is 15.9. The zero-order valence-corrected chi connectivity index (χ0v) is 15.9. The maximum atomic E-state index is 11.7. The number of hydrogen-bond donors (Lipinski definition) is 2. The summed E-state index contributed by atoms with van der Waals surface area (Å²) in [4.78, 5) is 11.7. The number of allylic oxidation sites excluding steroid dienone is 2. The van der Waals surface area contributed by atoms with Crippen LogP contribution in [-0.2, 0) is 4.79 Å². The number of ether oxygens (including phenoxy) is 1. The molecule has 0 bridgehead atoms. The summed E-state index contributed by atoms with van der Waals surface area (Å²) in [5, 5.41) is 6.72. The topological polar surface area (TPSA) is 50.4 Å². The molecule has 2 aromatic carbocycles. The third-order valence-electron chi connectivity index (χ3n) is 5.52. The van der Waals surface area contributed by atoms with E-state index in [0.717, 1.165) is 23.5 Å². The van der Waals surface area contributed by atoms with Gasteiger partial charge in [0, 0.05) is 23.7 Å². The number of benzene rings is 2. The monoisotopic (exact) mass is 362 g/mol. The van der Waals surface area contributed by atoms with E-state index in [0.29, 0.717) is 24.9 Å². The number of rotatable bonds is 5. The highest BCUT2D eigenvalue weighted by Crippen LogP contribution is 2.50. The molecule has 4 heteroatoms. The molecule has 1 aliphatic carbocycles. The van der Waals surface area contributed by atoms with Crippen molar-refractivity contribution < 1.29 is 9.53 Å². The molecule has 1 heterocycles. The standard InChI is InChI=1S/C23H26N2O2/c1-3-22(26)24-16-10-13-21-20(14-16)18-6-5-7-19(18)23(25-21)15-8-11-17(12-9-15)27-4-2/h5-6,8-14,18-19,23,25H,3-4,7H2,1-2H3,(H,24,26). The lowest BCUT2D eigenvalue weighted by molar-refractivity contribution is -0.115. The van der Waals surface area contributed by atoms with Gasteiger partial charge in [0.2, 0.25) is 5.91 Å². The highest BCUT2D eigenvalue weighted by molar-refractivity contribution is 5.91. The number of anilines is 2. The highest BCUT2D eigenvalue weighted by Gasteiger charge is 2.37. The second-order valence-corrected chi connectivity index (χ2v) is 7.18. The van der Waals surface area contributed by atoms with Crippen molar-refractivity contribution in [1.82, 2.24) is 0 Å². The zero-order chi connectivity index (χ0) is 18.8.